The van der Waals surface area contributed by atoms with E-state index in [4.69, 9.17) is 4.74 Å². The summed E-state index contributed by atoms with van der Waals surface area (Å²) < 4.78 is 32.8. The third-order valence-electron chi connectivity index (χ3n) is 5.94. The summed E-state index contributed by atoms with van der Waals surface area (Å²) in [6.45, 7) is 3.75. The second kappa shape index (κ2) is 7.43. The number of piperidine rings is 1. The molecule has 2 N–H and O–H groups in total. The lowest BCUT2D eigenvalue weighted by atomic mass is 9.81. The number of hydrogen-bond donors (Lipinski definition) is 2. The van der Waals surface area contributed by atoms with Gasteiger partial charge < -0.3 is 19.8 Å². The van der Waals surface area contributed by atoms with Gasteiger partial charge in [0.25, 0.3) is 0 Å². The number of halogens is 2. The van der Waals surface area contributed by atoms with E-state index in [1.807, 2.05) is 25.1 Å². The molecule has 4 nitrogen and oxygen atoms in total. The molecule has 2 aliphatic rings. The van der Waals surface area contributed by atoms with Crippen molar-refractivity contribution in [1.29, 1.82) is 0 Å². The summed E-state index contributed by atoms with van der Waals surface area (Å²) in [5.74, 6) is -1.12. The molecule has 2 atom stereocenters. The van der Waals surface area contributed by atoms with Gasteiger partial charge >= 0.3 is 0 Å². The Morgan fingerprint density at radius 2 is 1.89 bits per heavy atom. The zero-order valence-corrected chi connectivity index (χ0v) is 15.9. The molecule has 0 amide bonds. The molecule has 4 rings (SSSR count). The molecule has 0 aliphatic carbocycles. The van der Waals surface area contributed by atoms with Crippen molar-refractivity contribution in [2.45, 2.75) is 44.0 Å². The molecule has 1 fully saturated rings. The predicted octanol–water partition coefficient (Wildman–Crippen LogP) is 3.66. The third kappa shape index (κ3) is 3.77. The highest BCUT2D eigenvalue weighted by Gasteiger charge is 2.43. The Morgan fingerprint density at radius 3 is 2.61 bits per heavy atom. The highest BCUT2D eigenvalue weighted by Crippen LogP contribution is 2.44. The molecule has 0 saturated carbocycles. The Kier molecular flexibility index (Phi) is 5.12. The van der Waals surface area contributed by atoms with Gasteiger partial charge in [-0.05, 0) is 49.6 Å². The average Bonchev–Trinajstić information content (AvgIpc) is 2.67. The first kappa shape index (κ1) is 19.3. The molecular formula is C22H25F2NO3. The van der Waals surface area contributed by atoms with Crippen molar-refractivity contribution in [3.63, 3.8) is 0 Å². The Labute approximate surface area is 163 Å². The highest BCUT2D eigenvalue weighted by atomic mass is 19.2. The van der Waals surface area contributed by atoms with E-state index >= 15 is 0 Å². The van der Waals surface area contributed by atoms with Crippen LogP contribution in [0.3, 0.4) is 0 Å². The van der Waals surface area contributed by atoms with Gasteiger partial charge in [0.15, 0.2) is 11.6 Å². The number of nitrogens with zero attached hydrogens (tertiary/aromatic N) is 1. The van der Waals surface area contributed by atoms with Crippen LogP contribution in [0.4, 0.5) is 8.78 Å². The van der Waals surface area contributed by atoms with E-state index in [0.29, 0.717) is 31.6 Å². The number of rotatable bonds is 3. The molecule has 2 aromatic carbocycles. The molecule has 0 unspecified atom stereocenters. The van der Waals surface area contributed by atoms with Crippen molar-refractivity contribution < 1.29 is 23.7 Å². The lowest BCUT2D eigenvalue weighted by molar-refractivity contribution is -0.0588. The van der Waals surface area contributed by atoms with Crippen molar-refractivity contribution in [3.8, 4) is 5.75 Å². The number of aliphatic hydroxyl groups excluding tert-OH is 2. The summed E-state index contributed by atoms with van der Waals surface area (Å²) in [4.78, 5) is 2.09. The van der Waals surface area contributed by atoms with Crippen LogP contribution in [0.5, 0.6) is 5.75 Å². The number of ether oxygens (including phenoxy) is 1. The lowest BCUT2D eigenvalue weighted by Gasteiger charge is -2.46. The predicted molar refractivity (Wildman–Crippen MR) is 101 cm³/mol. The van der Waals surface area contributed by atoms with Crippen molar-refractivity contribution in [3.05, 3.63) is 64.7 Å². The van der Waals surface area contributed by atoms with Crippen LogP contribution in [0.15, 0.2) is 36.4 Å². The molecule has 1 spiro atoms. The number of aliphatic hydroxyl groups is 2. The molecule has 28 heavy (non-hydrogen) atoms. The van der Waals surface area contributed by atoms with Crippen LogP contribution in [-0.4, -0.2) is 40.3 Å². The number of hydrogen-bond acceptors (Lipinski definition) is 4. The molecule has 0 radical (unpaired) electrons. The molecule has 2 aliphatic heterocycles. The van der Waals surface area contributed by atoms with E-state index in [9.17, 15) is 19.0 Å². The molecule has 0 aromatic heterocycles. The number of aryl methyl sites for hydroxylation is 1. The topological polar surface area (TPSA) is 52.9 Å². The first-order chi connectivity index (χ1) is 13.3. The summed E-state index contributed by atoms with van der Waals surface area (Å²) >= 11 is 0. The van der Waals surface area contributed by atoms with E-state index in [1.165, 1.54) is 6.07 Å². The van der Waals surface area contributed by atoms with Crippen molar-refractivity contribution in [2.75, 3.05) is 19.6 Å². The Morgan fingerprint density at radius 1 is 1.14 bits per heavy atom. The smallest absolute Gasteiger partial charge is 0.159 e. The first-order valence-electron chi connectivity index (χ1n) is 9.68. The van der Waals surface area contributed by atoms with E-state index in [1.54, 1.807) is 0 Å². The number of likely N-dealkylation sites (tertiary alicyclic amines) is 1. The Bertz CT molecular complexity index is 865. The summed E-state index contributed by atoms with van der Waals surface area (Å²) in [5, 5.41) is 21.0. The minimum atomic E-state index is -0.951. The van der Waals surface area contributed by atoms with Crippen LogP contribution >= 0.6 is 0 Å². The maximum Gasteiger partial charge on any atom is 0.159 e. The van der Waals surface area contributed by atoms with E-state index in [2.05, 4.69) is 4.90 Å². The van der Waals surface area contributed by atoms with Crippen molar-refractivity contribution >= 4 is 0 Å². The van der Waals surface area contributed by atoms with Crippen LogP contribution in [0.25, 0.3) is 0 Å². The molecule has 1 saturated heterocycles. The fourth-order valence-electron chi connectivity index (χ4n) is 4.28. The molecule has 2 aromatic rings. The first-order valence-corrected chi connectivity index (χ1v) is 9.68. The summed E-state index contributed by atoms with van der Waals surface area (Å²) in [7, 11) is 0. The summed E-state index contributed by atoms with van der Waals surface area (Å²) in [6.07, 6.45) is 0.612. The SMILES string of the molecule is Cc1ccc2c(c1)[C@@H](O)CC1(CCN(C[C@H](O)c3ccc(F)c(F)c3)CC1)O2. The third-order valence-corrected chi connectivity index (χ3v) is 5.94. The zero-order chi connectivity index (χ0) is 19.9. The van der Waals surface area contributed by atoms with Gasteiger partial charge in [-0.2, -0.15) is 0 Å². The van der Waals surface area contributed by atoms with Gasteiger partial charge in [0.1, 0.15) is 11.4 Å². The second-order valence-corrected chi connectivity index (χ2v) is 8.04. The van der Waals surface area contributed by atoms with Gasteiger partial charge in [-0.25, -0.2) is 8.78 Å². The fourth-order valence-corrected chi connectivity index (χ4v) is 4.28. The zero-order valence-electron chi connectivity index (χ0n) is 15.9. The van der Waals surface area contributed by atoms with Crippen LogP contribution < -0.4 is 4.74 Å². The minimum absolute atomic E-state index is 0.347. The number of fused-ring (bicyclic) bond motifs is 1. The van der Waals surface area contributed by atoms with Gasteiger partial charge in [0.2, 0.25) is 0 Å². The summed E-state index contributed by atoms with van der Waals surface area (Å²) in [6, 6.07) is 9.38. The van der Waals surface area contributed by atoms with Crippen LogP contribution in [0.1, 0.15) is 48.2 Å². The van der Waals surface area contributed by atoms with E-state index in [-0.39, 0.29) is 0 Å². The normalized spacial score (nSPS) is 22.5. The summed E-state index contributed by atoms with van der Waals surface area (Å²) in [5.41, 5.74) is 1.92. The largest absolute Gasteiger partial charge is 0.487 e. The molecular weight excluding hydrogens is 364 g/mol. The molecule has 2 heterocycles. The monoisotopic (exact) mass is 389 g/mol. The standard InChI is InChI=1S/C22H25F2NO3/c1-14-2-5-21-16(10-14)19(26)12-22(28-21)6-8-25(9-7-22)13-20(27)15-3-4-17(23)18(24)11-15/h2-5,10-11,19-20,26-27H,6-9,12-13H2,1H3/t19-,20-/m0/s1. The fraction of sp³-hybridized carbons (Fsp3) is 0.455. The highest BCUT2D eigenvalue weighted by molar-refractivity contribution is 5.41. The maximum atomic E-state index is 13.4. The van der Waals surface area contributed by atoms with Crippen LogP contribution in [0.2, 0.25) is 0 Å². The Balaban J connectivity index is 1.39. The number of benzene rings is 2. The quantitative estimate of drug-likeness (QED) is 0.841. The van der Waals surface area contributed by atoms with Gasteiger partial charge in [0.05, 0.1) is 12.2 Å². The lowest BCUT2D eigenvalue weighted by Crippen LogP contribution is -2.51. The molecule has 6 heteroatoms. The molecule has 150 valence electrons. The molecule has 0 bridgehead atoms. The van der Waals surface area contributed by atoms with E-state index < -0.39 is 29.4 Å². The minimum Gasteiger partial charge on any atom is -0.487 e. The van der Waals surface area contributed by atoms with Gasteiger partial charge in [-0.1, -0.05) is 17.7 Å². The number of β-amino-alcohol motifs (C(OH)–C–C–N with tert-alkyl or cyclic N) is 1. The Hall–Kier alpha value is -2.02. The van der Waals surface area contributed by atoms with Gasteiger partial charge in [0, 0.05) is 31.6 Å². The van der Waals surface area contributed by atoms with Crippen LogP contribution in [-0.2, 0) is 0 Å². The van der Waals surface area contributed by atoms with E-state index in [0.717, 1.165) is 41.9 Å². The van der Waals surface area contributed by atoms with Crippen molar-refractivity contribution in [2.24, 2.45) is 0 Å². The van der Waals surface area contributed by atoms with Gasteiger partial charge in [-0.3, -0.25) is 0 Å². The van der Waals surface area contributed by atoms with Crippen LogP contribution in [0, 0.1) is 18.6 Å². The van der Waals surface area contributed by atoms with Gasteiger partial charge in [-0.15, -0.1) is 0 Å². The maximum absolute atomic E-state index is 13.4. The van der Waals surface area contributed by atoms with Crippen molar-refractivity contribution in [1.82, 2.24) is 4.90 Å². The second-order valence-electron chi connectivity index (χ2n) is 8.04. The average molecular weight is 389 g/mol.